The number of para-hydroxylation sites is 4. The van der Waals surface area contributed by atoms with E-state index in [-0.39, 0.29) is 0 Å². The van der Waals surface area contributed by atoms with Gasteiger partial charge in [-0.3, -0.25) is 0 Å². The number of hydrogen-bond donors (Lipinski definition) is 1. The molecule has 0 saturated carbocycles. The Morgan fingerprint density at radius 2 is 0.846 bits per heavy atom. The first-order valence-electron chi connectivity index (χ1n) is 13.4. The number of benzene rings is 6. The molecule has 0 unspecified atom stereocenters. The number of aromatic nitrogens is 3. The lowest BCUT2D eigenvalue weighted by Crippen LogP contribution is -1.98. The monoisotopic (exact) mass is 497 g/mol. The van der Waals surface area contributed by atoms with Gasteiger partial charge in [0.05, 0.1) is 22.1 Å². The Morgan fingerprint density at radius 3 is 1.49 bits per heavy atom. The molecule has 9 rings (SSSR count). The Hall–Kier alpha value is -5.28. The van der Waals surface area contributed by atoms with E-state index in [1.165, 1.54) is 65.4 Å². The molecule has 0 spiro atoms. The van der Waals surface area contributed by atoms with Crippen molar-refractivity contribution in [3.05, 3.63) is 133 Å². The van der Waals surface area contributed by atoms with Gasteiger partial charge in [0.1, 0.15) is 0 Å². The van der Waals surface area contributed by atoms with Gasteiger partial charge in [-0.25, -0.2) is 0 Å². The van der Waals surface area contributed by atoms with Crippen molar-refractivity contribution in [2.24, 2.45) is 0 Å². The Labute approximate surface area is 224 Å². The lowest BCUT2D eigenvalue weighted by atomic mass is 10.1. The molecule has 0 fully saturated rings. The van der Waals surface area contributed by atoms with E-state index >= 15 is 0 Å². The van der Waals surface area contributed by atoms with Crippen molar-refractivity contribution >= 4 is 65.4 Å². The molecule has 0 aliphatic carbocycles. The van der Waals surface area contributed by atoms with Crippen LogP contribution in [0.25, 0.3) is 76.8 Å². The molecule has 0 amide bonds. The number of fused-ring (bicyclic) bond motifs is 9. The Morgan fingerprint density at radius 1 is 0.333 bits per heavy atom. The molecule has 3 heterocycles. The Kier molecular flexibility index (Phi) is 4.05. The van der Waals surface area contributed by atoms with Gasteiger partial charge in [-0.2, -0.15) is 0 Å². The third kappa shape index (κ3) is 2.82. The number of aromatic amines is 1. The maximum Gasteiger partial charge on any atom is 0.0548 e. The van der Waals surface area contributed by atoms with Crippen molar-refractivity contribution in [3.63, 3.8) is 0 Å². The molecular weight excluding hydrogens is 474 g/mol. The number of rotatable bonds is 2. The van der Waals surface area contributed by atoms with E-state index in [0.29, 0.717) is 0 Å². The third-order valence-corrected chi connectivity index (χ3v) is 8.22. The van der Waals surface area contributed by atoms with Crippen LogP contribution in [0.2, 0.25) is 0 Å². The van der Waals surface area contributed by atoms with Crippen LogP contribution in [0.15, 0.2) is 133 Å². The zero-order chi connectivity index (χ0) is 25.5. The molecular formula is C36H23N3. The molecule has 0 atom stereocenters. The van der Waals surface area contributed by atoms with Crippen LogP contribution in [-0.2, 0) is 0 Å². The highest BCUT2D eigenvalue weighted by Crippen LogP contribution is 2.38. The summed E-state index contributed by atoms with van der Waals surface area (Å²) >= 11 is 0. The normalized spacial score (nSPS) is 12.1. The lowest BCUT2D eigenvalue weighted by molar-refractivity contribution is 1.13. The molecule has 182 valence electrons. The van der Waals surface area contributed by atoms with E-state index in [1.54, 1.807) is 0 Å². The van der Waals surface area contributed by atoms with Crippen molar-refractivity contribution in [3.8, 4) is 11.4 Å². The average molecular weight is 498 g/mol. The van der Waals surface area contributed by atoms with Crippen molar-refractivity contribution in [1.82, 2.24) is 14.1 Å². The number of nitrogens with zero attached hydrogens (tertiary/aromatic N) is 2. The number of H-pyrrole nitrogens is 1. The van der Waals surface area contributed by atoms with Crippen LogP contribution in [0.5, 0.6) is 0 Å². The minimum atomic E-state index is 1.15. The van der Waals surface area contributed by atoms with Gasteiger partial charge in [0.15, 0.2) is 0 Å². The van der Waals surface area contributed by atoms with Crippen molar-refractivity contribution in [2.45, 2.75) is 0 Å². The topological polar surface area (TPSA) is 25.6 Å². The van der Waals surface area contributed by atoms with Crippen molar-refractivity contribution in [2.75, 3.05) is 0 Å². The van der Waals surface area contributed by atoms with Gasteiger partial charge in [0, 0.05) is 54.7 Å². The van der Waals surface area contributed by atoms with Gasteiger partial charge >= 0.3 is 0 Å². The Bertz CT molecular complexity index is 2340. The molecule has 6 aromatic carbocycles. The predicted octanol–water partition coefficient (Wildman–Crippen LogP) is 9.52. The summed E-state index contributed by atoms with van der Waals surface area (Å²) in [6.07, 6.45) is 0. The van der Waals surface area contributed by atoms with E-state index in [1.807, 2.05) is 0 Å². The molecule has 1 N–H and O–H groups in total. The van der Waals surface area contributed by atoms with E-state index in [9.17, 15) is 0 Å². The van der Waals surface area contributed by atoms with Crippen LogP contribution in [0.1, 0.15) is 0 Å². The standard InChI is InChI=1S/C36H23N3/c1-5-16-31-25(12-1)29-22-36-30(21-32(29)37-31)28-15-4-8-19-35(28)39(36)24-11-9-10-23(20-24)38-33-17-6-2-13-26(33)27-14-3-7-18-34(27)38/h1-22,37H. The van der Waals surface area contributed by atoms with Crippen LogP contribution in [0.3, 0.4) is 0 Å². The quantitative estimate of drug-likeness (QED) is 0.246. The predicted molar refractivity (Wildman–Crippen MR) is 164 cm³/mol. The van der Waals surface area contributed by atoms with Crippen molar-refractivity contribution in [1.29, 1.82) is 0 Å². The lowest BCUT2D eigenvalue weighted by Gasteiger charge is -2.13. The summed E-state index contributed by atoms with van der Waals surface area (Å²) in [5.41, 5.74) is 9.52. The number of hydrogen-bond acceptors (Lipinski definition) is 0. The van der Waals surface area contributed by atoms with Gasteiger partial charge in [0.2, 0.25) is 0 Å². The second-order valence-electron chi connectivity index (χ2n) is 10.3. The summed E-state index contributed by atoms with van der Waals surface area (Å²) < 4.78 is 4.81. The molecule has 0 radical (unpaired) electrons. The van der Waals surface area contributed by atoms with E-state index < -0.39 is 0 Å². The van der Waals surface area contributed by atoms with Crippen LogP contribution in [-0.4, -0.2) is 14.1 Å². The summed E-state index contributed by atoms with van der Waals surface area (Å²) in [4.78, 5) is 3.63. The SMILES string of the molecule is c1cc(-n2c3ccccc3c3ccccc32)cc(-n2c3ccccc3c3cc4[nH]c5ccccc5c4cc32)c1. The fourth-order valence-electron chi connectivity index (χ4n) is 6.56. The molecule has 0 aliphatic heterocycles. The van der Waals surface area contributed by atoms with Crippen LogP contribution in [0.4, 0.5) is 0 Å². The van der Waals surface area contributed by atoms with Gasteiger partial charge in [-0.1, -0.05) is 78.9 Å². The second-order valence-corrected chi connectivity index (χ2v) is 10.3. The molecule has 0 bridgehead atoms. The summed E-state index contributed by atoms with van der Waals surface area (Å²) in [6, 6.07) is 48.3. The highest BCUT2D eigenvalue weighted by Gasteiger charge is 2.17. The first-order chi connectivity index (χ1) is 19.3. The highest BCUT2D eigenvalue weighted by molar-refractivity contribution is 6.18. The first kappa shape index (κ1) is 20.7. The molecule has 0 aliphatic rings. The fourth-order valence-corrected chi connectivity index (χ4v) is 6.56. The van der Waals surface area contributed by atoms with Crippen LogP contribution in [0, 0.1) is 0 Å². The summed E-state index contributed by atoms with van der Waals surface area (Å²) in [7, 11) is 0. The maximum atomic E-state index is 3.63. The zero-order valence-corrected chi connectivity index (χ0v) is 21.1. The van der Waals surface area contributed by atoms with Gasteiger partial charge in [-0.05, 0) is 54.6 Å². The first-order valence-corrected chi connectivity index (χ1v) is 13.4. The molecule has 3 heteroatoms. The van der Waals surface area contributed by atoms with Crippen LogP contribution >= 0.6 is 0 Å². The summed E-state index contributed by atoms with van der Waals surface area (Å²) in [5, 5.41) is 7.57. The van der Waals surface area contributed by atoms with Crippen LogP contribution < -0.4 is 0 Å². The number of nitrogens with one attached hydrogen (secondary N) is 1. The third-order valence-electron chi connectivity index (χ3n) is 8.22. The molecule has 3 aromatic heterocycles. The maximum absolute atomic E-state index is 3.63. The fraction of sp³-hybridized carbons (Fsp3) is 0. The average Bonchev–Trinajstić information content (AvgIpc) is 3.63. The highest BCUT2D eigenvalue weighted by atomic mass is 15.0. The van der Waals surface area contributed by atoms with E-state index in [0.717, 1.165) is 11.4 Å². The Balaban J connectivity index is 1.37. The smallest absolute Gasteiger partial charge is 0.0548 e. The van der Waals surface area contributed by atoms with Gasteiger partial charge in [-0.15, -0.1) is 0 Å². The molecule has 9 aromatic rings. The summed E-state index contributed by atoms with van der Waals surface area (Å²) in [6.45, 7) is 0. The second kappa shape index (κ2) is 7.62. The van der Waals surface area contributed by atoms with E-state index in [2.05, 4.69) is 148 Å². The molecule has 3 nitrogen and oxygen atoms in total. The van der Waals surface area contributed by atoms with Crippen molar-refractivity contribution < 1.29 is 0 Å². The summed E-state index contributed by atoms with van der Waals surface area (Å²) in [5.74, 6) is 0. The molecule has 0 saturated heterocycles. The largest absolute Gasteiger partial charge is 0.354 e. The zero-order valence-electron chi connectivity index (χ0n) is 21.1. The van der Waals surface area contributed by atoms with Gasteiger partial charge < -0.3 is 14.1 Å². The minimum Gasteiger partial charge on any atom is -0.354 e. The molecule has 39 heavy (non-hydrogen) atoms. The van der Waals surface area contributed by atoms with Gasteiger partial charge in [0.25, 0.3) is 0 Å². The van der Waals surface area contributed by atoms with E-state index in [4.69, 9.17) is 0 Å². The minimum absolute atomic E-state index is 1.15.